The highest BCUT2D eigenvalue weighted by Crippen LogP contribution is 2.25. The molecular weight excluding hydrogens is 338 g/mol. The van der Waals surface area contributed by atoms with Gasteiger partial charge in [0.25, 0.3) is 5.91 Å². The zero-order chi connectivity index (χ0) is 18.6. The standard InChI is InChI=1S/C22H25N3O2/c26-14-16-1-3-17(4-2-16)18-5-6-19-12-21(25-20(19)11-18)22(27)24-13-15-7-9-23-10-8-15/h1-6,11-12,15,23,25-26H,7-10,13-14H2,(H,24,27). The molecule has 4 N–H and O–H groups in total. The third-order valence-electron chi connectivity index (χ3n) is 5.35. The highest BCUT2D eigenvalue weighted by molar-refractivity contribution is 5.98. The van der Waals surface area contributed by atoms with E-state index in [4.69, 9.17) is 0 Å². The van der Waals surface area contributed by atoms with E-state index in [2.05, 4.69) is 27.8 Å². The lowest BCUT2D eigenvalue weighted by Crippen LogP contribution is -2.36. The number of amides is 1. The fourth-order valence-corrected chi connectivity index (χ4v) is 3.65. The minimum atomic E-state index is -0.0430. The number of aliphatic hydroxyl groups excluding tert-OH is 1. The molecule has 1 saturated heterocycles. The van der Waals surface area contributed by atoms with Gasteiger partial charge >= 0.3 is 0 Å². The fraction of sp³-hybridized carbons (Fsp3) is 0.318. The maximum atomic E-state index is 12.5. The van der Waals surface area contributed by atoms with E-state index in [9.17, 15) is 9.90 Å². The molecule has 1 amide bonds. The summed E-state index contributed by atoms with van der Waals surface area (Å²) >= 11 is 0. The Kier molecular flexibility index (Phi) is 5.23. The summed E-state index contributed by atoms with van der Waals surface area (Å²) in [6.07, 6.45) is 2.23. The summed E-state index contributed by atoms with van der Waals surface area (Å²) in [7, 11) is 0. The van der Waals surface area contributed by atoms with E-state index < -0.39 is 0 Å². The van der Waals surface area contributed by atoms with Crippen LogP contribution in [0, 0.1) is 5.92 Å². The molecule has 2 heterocycles. The third kappa shape index (κ3) is 4.04. The molecule has 0 aliphatic carbocycles. The van der Waals surface area contributed by atoms with Crippen molar-refractivity contribution in [3.8, 4) is 11.1 Å². The number of fused-ring (bicyclic) bond motifs is 1. The molecule has 5 nitrogen and oxygen atoms in total. The van der Waals surface area contributed by atoms with E-state index in [0.29, 0.717) is 11.6 Å². The van der Waals surface area contributed by atoms with Gasteiger partial charge < -0.3 is 20.7 Å². The summed E-state index contributed by atoms with van der Waals surface area (Å²) in [5.74, 6) is 0.520. The van der Waals surface area contributed by atoms with E-state index in [-0.39, 0.29) is 12.5 Å². The average Bonchev–Trinajstić information content (AvgIpc) is 3.16. The Bertz CT molecular complexity index is 924. The van der Waals surface area contributed by atoms with Gasteiger partial charge in [0.2, 0.25) is 0 Å². The van der Waals surface area contributed by atoms with Crippen molar-refractivity contribution in [3.63, 3.8) is 0 Å². The molecule has 27 heavy (non-hydrogen) atoms. The van der Waals surface area contributed by atoms with Gasteiger partial charge in [0, 0.05) is 17.4 Å². The summed E-state index contributed by atoms with van der Waals surface area (Å²) in [6.45, 7) is 2.86. The van der Waals surface area contributed by atoms with Crippen LogP contribution in [0.1, 0.15) is 28.9 Å². The lowest BCUT2D eigenvalue weighted by molar-refractivity contribution is 0.0940. The second-order valence-corrected chi connectivity index (χ2v) is 7.24. The van der Waals surface area contributed by atoms with Crippen LogP contribution in [0.15, 0.2) is 48.5 Å². The van der Waals surface area contributed by atoms with Crippen molar-refractivity contribution in [2.75, 3.05) is 19.6 Å². The second-order valence-electron chi connectivity index (χ2n) is 7.24. The molecule has 4 rings (SSSR count). The van der Waals surface area contributed by atoms with Crippen molar-refractivity contribution in [1.82, 2.24) is 15.6 Å². The van der Waals surface area contributed by atoms with Crippen molar-refractivity contribution in [3.05, 3.63) is 59.8 Å². The zero-order valence-electron chi connectivity index (χ0n) is 15.3. The lowest BCUT2D eigenvalue weighted by atomic mass is 9.98. The number of nitrogens with one attached hydrogen (secondary N) is 3. The van der Waals surface area contributed by atoms with Gasteiger partial charge in [0.1, 0.15) is 5.69 Å². The van der Waals surface area contributed by atoms with Gasteiger partial charge in [-0.3, -0.25) is 4.79 Å². The number of hydrogen-bond donors (Lipinski definition) is 4. The molecule has 0 bridgehead atoms. The fourth-order valence-electron chi connectivity index (χ4n) is 3.65. The number of H-pyrrole nitrogens is 1. The number of hydrogen-bond acceptors (Lipinski definition) is 3. The molecule has 1 fully saturated rings. The molecule has 0 atom stereocenters. The van der Waals surface area contributed by atoms with E-state index in [1.54, 1.807) is 0 Å². The molecular formula is C22H25N3O2. The number of carbonyl (C=O) groups excluding carboxylic acids is 1. The maximum absolute atomic E-state index is 12.5. The zero-order valence-corrected chi connectivity index (χ0v) is 15.3. The number of benzene rings is 2. The van der Waals surface area contributed by atoms with Gasteiger partial charge in [-0.25, -0.2) is 0 Å². The van der Waals surface area contributed by atoms with Gasteiger partial charge in [-0.05, 0) is 60.7 Å². The summed E-state index contributed by atoms with van der Waals surface area (Å²) in [5.41, 5.74) is 4.61. The van der Waals surface area contributed by atoms with E-state index in [1.807, 2.05) is 36.4 Å². The molecule has 0 radical (unpaired) electrons. The summed E-state index contributed by atoms with van der Waals surface area (Å²) in [5, 5.41) is 16.6. The van der Waals surface area contributed by atoms with Crippen LogP contribution in [0.4, 0.5) is 0 Å². The van der Waals surface area contributed by atoms with Crippen LogP contribution < -0.4 is 10.6 Å². The molecule has 3 aromatic rings. The number of rotatable bonds is 5. The van der Waals surface area contributed by atoms with Crippen LogP contribution in [-0.2, 0) is 6.61 Å². The molecule has 1 aromatic heterocycles. The molecule has 140 valence electrons. The predicted octanol–water partition coefficient (Wildman–Crippen LogP) is 3.06. The number of aromatic nitrogens is 1. The number of piperidine rings is 1. The SMILES string of the molecule is O=C(NCC1CCNCC1)c1cc2ccc(-c3ccc(CO)cc3)cc2[nH]1. The molecule has 5 heteroatoms. The molecule has 0 unspecified atom stereocenters. The number of carbonyl (C=O) groups is 1. The largest absolute Gasteiger partial charge is 0.392 e. The number of aromatic amines is 1. The molecule has 1 aliphatic heterocycles. The Morgan fingerprint density at radius 3 is 2.52 bits per heavy atom. The quantitative estimate of drug-likeness (QED) is 0.563. The highest BCUT2D eigenvalue weighted by atomic mass is 16.3. The maximum Gasteiger partial charge on any atom is 0.267 e. The molecule has 1 aliphatic rings. The van der Waals surface area contributed by atoms with E-state index in [0.717, 1.165) is 60.1 Å². The highest BCUT2D eigenvalue weighted by Gasteiger charge is 2.15. The number of aliphatic hydroxyl groups is 1. The summed E-state index contributed by atoms with van der Waals surface area (Å²) in [6, 6.07) is 15.9. The first-order valence-corrected chi connectivity index (χ1v) is 9.55. The summed E-state index contributed by atoms with van der Waals surface area (Å²) in [4.78, 5) is 15.8. The Morgan fingerprint density at radius 1 is 1.04 bits per heavy atom. The van der Waals surface area contributed by atoms with Crippen LogP contribution in [-0.4, -0.2) is 35.6 Å². The monoisotopic (exact) mass is 363 g/mol. The minimum Gasteiger partial charge on any atom is -0.392 e. The van der Waals surface area contributed by atoms with Crippen molar-refractivity contribution in [2.45, 2.75) is 19.4 Å². The van der Waals surface area contributed by atoms with Gasteiger partial charge in [0.05, 0.1) is 6.61 Å². The van der Waals surface area contributed by atoms with Gasteiger partial charge in [0.15, 0.2) is 0 Å². The van der Waals surface area contributed by atoms with E-state index in [1.165, 1.54) is 0 Å². The van der Waals surface area contributed by atoms with Crippen molar-refractivity contribution < 1.29 is 9.90 Å². The Morgan fingerprint density at radius 2 is 1.78 bits per heavy atom. The molecule has 0 saturated carbocycles. The second kappa shape index (κ2) is 7.94. The Hall–Kier alpha value is -2.63. The van der Waals surface area contributed by atoms with Crippen LogP contribution in [0.3, 0.4) is 0 Å². The lowest BCUT2D eigenvalue weighted by Gasteiger charge is -2.22. The Balaban J connectivity index is 1.48. The Labute approximate surface area is 158 Å². The predicted molar refractivity (Wildman–Crippen MR) is 108 cm³/mol. The van der Waals surface area contributed by atoms with Crippen LogP contribution >= 0.6 is 0 Å². The van der Waals surface area contributed by atoms with Crippen molar-refractivity contribution in [2.24, 2.45) is 5.92 Å². The van der Waals surface area contributed by atoms with Gasteiger partial charge in [-0.2, -0.15) is 0 Å². The molecule has 2 aromatic carbocycles. The van der Waals surface area contributed by atoms with Crippen LogP contribution in [0.5, 0.6) is 0 Å². The van der Waals surface area contributed by atoms with E-state index >= 15 is 0 Å². The normalized spacial score (nSPS) is 15.1. The minimum absolute atomic E-state index is 0.0430. The van der Waals surface area contributed by atoms with Crippen molar-refractivity contribution >= 4 is 16.8 Å². The van der Waals surface area contributed by atoms with Gasteiger partial charge in [-0.1, -0.05) is 36.4 Å². The third-order valence-corrected chi connectivity index (χ3v) is 5.35. The first kappa shape index (κ1) is 17.8. The van der Waals surface area contributed by atoms with Crippen molar-refractivity contribution in [1.29, 1.82) is 0 Å². The topological polar surface area (TPSA) is 77.2 Å². The van der Waals surface area contributed by atoms with Gasteiger partial charge in [-0.15, -0.1) is 0 Å². The first-order valence-electron chi connectivity index (χ1n) is 9.55. The molecule has 0 spiro atoms. The van der Waals surface area contributed by atoms with Crippen LogP contribution in [0.25, 0.3) is 22.0 Å². The first-order chi connectivity index (χ1) is 13.2. The van der Waals surface area contributed by atoms with Crippen LogP contribution in [0.2, 0.25) is 0 Å². The smallest absolute Gasteiger partial charge is 0.267 e. The summed E-state index contributed by atoms with van der Waals surface area (Å²) < 4.78 is 0. The average molecular weight is 363 g/mol.